The normalized spacial score (nSPS) is 10.5. The maximum Gasteiger partial charge on any atom is 0.234 e. The molecular weight excluding hydrogens is 372 g/mol. The number of methoxy groups -OCH3 is 1. The van der Waals surface area contributed by atoms with E-state index in [1.165, 1.54) is 11.8 Å². The van der Waals surface area contributed by atoms with Gasteiger partial charge in [-0.05, 0) is 24.6 Å². The van der Waals surface area contributed by atoms with E-state index in [1.807, 2.05) is 54.0 Å². The smallest absolute Gasteiger partial charge is 0.234 e. The van der Waals surface area contributed by atoms with Gasteiger partial charge in [0.2, 0.25) is 5.91 Å². The van der Waals surface area contributed by atoms with Crippen molar-refractivity contribution in [3.63, 3.8) is 0 Å². The fourth-order valence-corrected chi connectivity index (χ4v) is 3.49. The number of aryl methyl sites for hydroxylation is 1. The third-order valence-corrected chi connectivity index (χ3v) is 5.07. The number of thioether (sulfide) groups is 1. The number of allylic oxidation sites excluding steroid dienone is 1. The lowest BCUT2D eigenvalue weighted by molar-refractivity contribution is -0.113. The highest BCUT2D eigenvalue weighted by atomic mass is 32.2. The minimum atomic E-state index is -0.121. The molecule has 1 aromatic heterocycles. The van der Waals surface area contributed by atoms with E-state index in [0.717, 1.165) is 17.0 Å². The van der Waals surface area contributed by atoms with Crippen molar-refractivity contribution in [2.75, 3.05) is 18.2 Å². The molecule has 0 radical (unpaired) electrons. The van der Waals surface area contributed by atoms with E-state index in [9.17, 15) is 4.79 Å². The first-order chi connectivity index (χ1) is 13.6. The SMILES string of the molecule is C=CCn1c(SCC(=O)Nc2cccc(OC)c2)nnc1-c1ccccc1C. The van der Waals surface area contributed by atoms with Crippen LogP contribution < -0.4 is 10.1 Å². The van der Waals surface area contributed by atoms with E-state index in [-0.39, 0.29) is 11.7 Å². The number of anilines is 1. The summed E-state index contributed by atoms with van der Waals surface area (Å²) in [5.41, 5.74) is 2.83. The van der Waals surface area contributed by atoms with Crippen molar-refractivity contribution in [1.82, 2.24) is 14.8 Å². The van der Waals surface area contributed by atoms with Crippen molar-refractivity contribution >= 4 is 23.4 Å². The molecule has 6 nitrogen and oxygen atoms in total. The van der Waals surface area contributed by atoms with Crippen LogP contribution >= 0.6 is 11.8 Å². The first-order valence-corrected chi connectivity index (χ1v) is 9.77. The number of carbonyl (C=O) groups excluding carboxylic acids is 1. The molecule has 0 bridgehead atoms. The van der Waals surface area contributed by atoms with E-state index >= 15 is 0 Å². The molecule has 0 saturated heterocycles. The quantitative estimate of drug-likeness (QED) is 0.458. The van der Waals surface area contributed by atoms with Crippen LogP contribution in [0.3, 0.4) is 0 Å². The minimum Gasteiger partial charge on any atom is -0.497 e. The average Bonchev–Trinajstić information content (AvgIpc) is 3.09. The fourth-order valence-electron chi connectivity index (χ4n) is 2.74. The zero-order valence-electron chi connectivity index (χ0n) is 15.9. The third-order valence-electron chi connectivity index (χ3n) is 4.10. The monoisotopic (exact) mass is 394 g/mol. The number of carbonyl (C=O) groups is 1. The highest BCUT2D eigenvalue weighted by Crippen LogP contribution is 2.26. The van der Waals surface area contributed by atoms with Gasteiger partial charge in [-0.15, -0.1) is 16.8 Å². The number of aromatic nitrogens is 3. The van der Waals surface area contributed by atoms with Gasteiger partial charge in [0.25, 0.3) is 0 Å². The Kier molecular flexibility index (Phi) is 6.49. The molecule has 3 rings (SSSR count). The summed E-state index contributed by atoms with van der Waals surface area (Å²) in [6.45, 7) is 6.43. The van der Waals surface area contributed by atoms with Crippen molar-refractivity contribution in [2.24, 2.45) is 0 Å². The number of benzene rings is 2. The topological polar surface area (TPSA) is 69.0 Å². The van der Waals surface area contributed by atoms with Crippen LogP contribution in [0.25, 0.3) is 11.4 Å². The summed E-state index contributed by atoms with van der Waals surface area (Å²) in [6, 6.07) is 15.3. The zero-order valence-corrected chi connectivity index (χ0v) is 16.7. The molecule has 0 fully saturated rings. The number of nitrogens with one attached hydrogen (secondary N) is 1. The molecule has 0 saturated carbocycles. The molecule has 1 amide bonds. The summed E-state index contributed by atoms with van der Waals surface area (Å²) >= 11 is 1.34. The number of amides is 1. The number of ether oxygens (including phenoxy) is 1. The van der Waals surface area contributed by atoms with E-state index in [1.54, 1.807) is 19.3 Å². The van der Waals surface area contributed by atoms with Crippen LogP contribution in [0.4, 0.5) is 5.69 Å². The van der Waals surface area contributed by atoms with E-state index in [2.05, 4.69) is 22.1 Å². The molecule has 28 heavy (non-hydrogen) atoms. The predicted octanol–water partition coefficient (Wildman–Crippen LogP) is 4.18. The number of rotatable bonds is 8. The number of hydrogen-bond donors (Lipinski definition) is 1. The van der Waals surface area contributed by atoms with Crippen molar-refractivity contribution in [3.05, 3.63) is 66.7 Å². The lowest BCUT2D eigenvalue weighted by atomic mass is 10.1. The Morgan fingerprint density at radius 3 is 2.82 bits per heavy atom. The van der Waals surface area contributed by atoms with Crippen LogP contribution in [0.1, 0.15) is 5.56 Å². The molecular formula is C21H22N4O2S. The van der Waals surface area contributed by atoms with Crippen molar-refractivity contribution in [3.8, 4) is 17.1 Å². The summed E-state index contributed by atoms with van der Waals surface area (Å²) in [4.78, 5) is 12.3. The molecule has 0 unspecified atom stereocenters. The summed E-state index contributed by atoms with van der Waals surface area (Å²) < 4.78 is 7.15. The molecule has 7 heteroatoms. The van der Waals surface area contributed by atoms with Gasteiger partial charge in [-0.25, -0.2) is 0 Å². The van der Waals surface area contributed by atoms with E-state index in [0.29, 0.717) is 23.1 Å². The van der Waals surface area contributed by atoms with Crippen LogP contribution in [0.15, 0.2) is 66.3 Å². The highest BCUT2D eigenvalue weighted by Gasteiger charge is 2.16. The lowest BCUT2D eigenvalue weighted by Crippen LogP contribution is -2.14. The molecule has 0 aliphatic carbocycles. The Labute approximate surface area is 168 Å². The maximum atomic E-state index is 12.3. The zero-order chi connectivity index (χ0) is 19.9. The number of hydrogen-bond acceptors (Lipinski definition) is 5. The van der Waals surface area contributed by atoms with Gasteiger partial charge in [0.1, 0.15) is 5.75 Å². The van der Waals surface area contributed by atoms with Crippen LogP contribution in [0, 0.1) is 6.92 Å². The van der Waals surface area contributed by atoms with Crippen molar-refractivity contribution in [2.45, 2.75) is 18.6 Å². The summed E-state index contributed by atoms with van der Waals surface area (Å²) in [5, 5.41) is 12.2. The second-order valence-corrected chi connectivity index (χ2v) is 7.03. The van der Waals surface area contributed by atoms with Gasteiger partial charge in [-0.2, -0.15) is 0 Å². The van der Waals surface area contributed by atoms with Crippen LogP contribution in [0.2, 0.25) is 0 Å². The Morgan fingerprint density at radius 1 is 1.25 bits per heavy atom. The Hall–Kier alpha value is -3.06. The van der Waals surface area contributed by atoms with Gasteiger partial charge in [-0.1, -0.05) is 48.2 Å². The minimum absolute atomic E-state index is 0.121. The Balaban J connectivity index is 1.72. The second-order valence-electron chi connectivity index (χ2n) is 6.09. The van der Waals surface area contributed by atoms with Crippen LogP contribution in [-0.4, -0.2) is 33.5 Å². The second kappa shape index (κ2) is 9.23. The largest absolute Gasteiger partial charge is 0.497 e. The molecule has 0 atom stereocenters. The first kappa shape index (κ1) is 19.7. The van der Waals surface area contributed by atoms with Gasteiger partial charge >= 0.3 is 0 Å². The van der Waals surface area contributed by atoms with Gasteiger partial charge in [0, 0.05) is 23.9 Å². The molecule has 0 aliphatic rings. The third kappa shape index (κ3) is 4.61. The number of nitrogens with zero attached hydrogens (tertiary/aromatic N) is 3. The van der Waals surface area contributed by atoms with Gasteiger partial charge in [-0.3, -0.25) is 9.36 Å². The van der Waals surface area contributed by atoms with Gasteiger partial charge in [0.05, 0.1) is 12.9 Å². The first-order valence-electron chi connectivity index (χ1n) is 8.79. The average molecular weight is 395 g/mol. The van der Waals surface area contributed by atoms with Crippen molar-refractivity contribution in [1.29, 1.82) is 0 Å². The molecule has 0 aliphatic heterocycles. The lowest BCUT2D eigenvalue weighted by Gasteiger charge is -2.10. The maximum absolute atomic E-state index is 12.3. The van der Waals surface area contributed by atoms with Crippen molar-refractivity contribution < 1.29 is 9.53 Å². The molecule has 1 N–H and O–H groups in total. The molecule has 1 heterocycles. The standard InChI is InChI=1S/C21H22N4O2S/c1-4-12-25-20(18-11-6-5-8-15(18)2)23-24-21(25)28-14-19(26)22-16-9-7-10-17(13-16)27-3/h4-11,13H,1,12,14H2,2-3H3,(H,22,26). The van der Waals surface area contributed by atoms with E-state index in [4.69, 9.17) is 4.74 Å². The molecule has 144 valence electrons. The highest BCUT2D eigenvalue weighted by molar-refractivity contribution is 7.99. The van der Waals surface area contributed by atoms with Crippen LogP contribution in [0.5, 0.6) is 5.75 Å². The Morgan fingerprint density at radius 2 is 2.07 bits per heavy atom. The molecule has 3 aromatic rings. The summed E-state index contributed by atoms with van der Waals surface area (Å²) in [5.74, 6) is 1.57. The molecule has 0 spiro atoms. The molecule has 2 aromatic carbocycles. The predicted molar refractivity (Wildman–Crippen MR) is 113 cm³/mol. The summed E-state index contributed by atoms with van der Waals surface area (Å²) in [6.07, 6.45) is 1.80. The van der Waals surface area contributed by atoms with Gasteiger partial charge in [0.15, 0.2) is 11.0 Å². The van der Waals surface area contributed by atoms with Crippen LogP contribution in [-0.2, 0) is 11.3 Å². The van der Waals surface area contributed by atoms with E-state index < -0.39 is 0 Å². The summed E-state index contributed by atoms with van der Waals surface area (Å²) in [7, 11) is 1.59. The fraction of sp³-hybridized carbons (Fsp3) is 0.190. The van der Waals surface area contributed by atoms with Gasteiger partial charge < -0.3 is 10.1 Å². The Bertz CT molecular complexity index is 984.